The zero-order valence-corrected chi connectivity index (χ0v) is 14.8. The normalized spacial score (nSPS) is 12.6. The summed E-state index contributed by atoms with van der Waals surface area (Å²) in [5.74, 6) is 0. The first kappa shape index (κ1) is 18.4. The quantitative estimate of drug-likeness (QED) is 0.677. The first-order chi connectivity index (χ1) is 9.80. The van der Waals surface area contributed by atoms with Crippen LogP contribution < -0.4 is 10.0 Å². The second-order valence-electron chi connectivity index (χ2n) is 5.47. The van der Waals surface area contributed by atoms with Gasteiger partial charge in [0.2, 0.25) is 0 Å². The Bertz CT molecular complexity index is 528. The fourth-order valence-corrected chi connectivity index (χ4v) is 2.94. The molecule has 0 aromatic carbocycles. The molecule has 0 atom stereocenters. The summed E-state index contributed by atoms with van der Waals surface area (Å²) >= 11 is 1.62. The highest BCUT2D eigenvalue weighted by atomic mass is 32.2. The number of sulfonamides is 1. The van der Waals surface area contributed by atoms with Crippen molar-refractivity contribution in [2.24, 2.45) is 0 Å². The van der Waals surface area contributed by atoms with Crippen LogP contribution in [-0.2, 0) is 16.6 Å². The average Bonchev–Trinajstić information content (AvgIpc) is 2.46. The molecule has 0 amide bonds. The highest BCUT2D eigenvalue weighted by Gasteiger charge is 2.22. The van der Waals surface area contributed by atoms with E-state index in [0.717, 1.165) is 18.5 Å². The standard InChI is InChI=1S/C14H25N3O2S2/c1-5-8-15-9-12-6-7-13(16-10-12)21(18,19)17-11-14(2,3)20-4/h6-7,10,15,17H,5,8-9,11H2,1-4H3. The predicted molar refractivity (Wildman–Crippen MR) is 89.0 cm³/mol. The van der Waals surface area contributed by atoms with Crippen molar-refractivity contribution < 1.29 is 8.42 Å². The van der Waals surface area contributed by atoms with Crippen LogP contribution in [0.15, 0.2) is 23.4 Å². The molecule has 0 unspecified atom stereocenters. The molecule has 21 heavy (non-hydrogen) atoms. The lowest BCUT2D eigenvalue weighted by molar-refractivity contribution is 0.567. The molecule has 0 aliphatic carbocycles. The van der Waals surface area contributed by atoms with Crippen LogP contribution in [0.3, 0.4) is 0 Å². The van der Waals surface area contributed by atoms with E-state index >= 15 is 0 Å². The zero-order chi connectivity index (χ0) is 15.9. The monoisotopic (exact) mass is 331 g/mol. The highest BCUT2D eigenvalue weighted by molar-refractivity contribution is 8.00. The second-order valence-corrected chi connectivity index (χ2v) is 8.70. The zero-order valence-electron chi connectivity index (χ0n) is 13.1. The molecule has 0 spiro atoms. The lowest BCUT2D eigenvalue weighted by Crippen LogP contribution is -2.36. The molecule has 7 heteroatoms. The average molecular weight is 332 g/mol. The molecule has 0 aliphatic heterocycles. The topological polar surface area (TPSA) is 71.1 Å². The van der Waals surface area contributed by atoms with Gasteiger partial charge < -0.3 is 5.32 Å². The summed E-state index contributed by atoms with van der Waals surface area (Å²) in [5.41, 5.74) is 0.979. The number of rotatable bonds is 9. The van der Waals surface area contributed by atoms with Crippen molar-refractivity contribution in [3.8, 4) is 0 Å². The van der Waals surface area contributed by atoms with Gasteiger partial charge in [-0.1, -0.05) is 13.0 Å². The van der Waals surface area contributed by atoms with Gasteiger partial charge in [-0.25, -0.2) is 18.1 Å². The lowest BCUT2D eigenvalue weighted by atomic mass is 10.2. The summed E-state index contributed by atoms with van der Waals surface area (Å²) in [4.78, 5) is 4.06. The lowest BCUT2D eigenvalue weighted by Gasteiger charge is -2.21. The Morgan fingerprint density at radius 2 is 2.05 bits per heavy atom. The summed E-state index contributed by atoms with van der Waals surface area (Å²) in [6.07, 6.45) is 4.64. The summed E-state index contributed by atoms with van der Waals surface area (Å²) in [5, 5.41) is 3.32. The fourth-order valence-electron chi connectivity index (χ4n) is 1.50. The third kappa shape index (κ3) is 6.34. The molecule has 0 saturated carbocycles. The number of thioether (sulfide) groups is 1. The van der Waals surface area contributed by atoms with E-state index in [0.29, 0.717) is 13.1 Å². The summed E-state index contributed by atoms with van der Waals surface area (Å²) in [7, 11) is -3.54. The number of nitrogens with one attached hydrogen (secondary N) is 2. The van der Waals surface area contributed by atoms with Gasteiger partial charge in [0.25, 0.3) is 10.0 Å². The molecule has 0 fully saturated rings. The number of hydrogen-bond donors (Lipinski definition) is 2. The van der Waals surface area contributed by atoms with Crippen LogP contribution >= 0.6 is 11.8 Å². The molecule has 0 radical (unpaired) electrons. The van der Waals surface area contributed by atoms with Gasteiger partial charge in [-0.2, -0.15) is 11.8 Å². The minimum atomic E-state index is -3.54. The predicted octanol–water partition coefficient (Wildman–Crippen LogP) is 2.00. The van der Waals surface area contributed by atoms with Gasteiger partial charge in [0.05, 0.1) is 0 Å². The SMILES string of the molecule is CCCNCc1ccc(S(=O)(=O)NCC(C)(C)SC)nc1. The van der Waals surface area contributed by atoms with Gasteiger partial charge in [-0.3, -0.25) is 0 Å². The van der Waals surface area contributed by atoms with Crippen molar-refractivity contribution in [1.82, 2.24) is 15.0 Å². The Kier molecular flexibility index (Phi) is 7.12. The molecule has 5 nitrogen and oxygen atoms in total. The smallest absolute Gasteiger partial charge is 0.258 e. The molecule has 1 aromatic heterocycles. The van der Waals surface area contributed by atoms with Crippen molar-refractivity contribution in [2.75, 3.05) is 19.3 Å². The maximum Gasteiger partial charge on any atom is 0.258 e. The molecular weight excluding hydrogens is 306 g/mol. The Hall–Kier alpha value is -0.630. The molecule has 2 N–H and O–H groups in total. The Labute approximate surface area is 132 Å². The van der Waals surface area contributed by atoms with E-state index in [9.17, 15) is 8.42 Å². The van der Waals surface area contributed by atoms with Crippen molar-refractivity contribution in [3.63, 3.8) is 0 Å². The van der Waals surface area contributed by atoms with Crippen LogP contribution in [0.5, 0.6) is 0 Å². The van der Waals surface area contributed by atoms with Crippen LogP contribution in [-0.4, -0.2) is 37.5 Å². The maximum absolute atomic E-state index is 12.2. The van der Waals surface area contributed by atoms with Crippen LogP contribution in [0, 0.1) is 0 Å². The molecule has 1 rings (SSSR count). The molecule has 0 saturated heterocycles. The number of hydrogen-bond acceptors (Lipinski definition) is 5. The van der Waals surface area contributed by atoms with Crippen LogP contribution in [0.2, 0.25) is 0 Å². The Morgan fingerprint density at radius 3 is 2.57 bits per heavy atom. The molecule has 1 aromatic rings. The van der Waals surface area contributed by atoms with Crippen LogP contribution in [0.25, 0.3) is 0 Å². The number of pyridine rings is 1. The van der Waals surface area contributed by atoms with Crippen molar-refractivity contribution >= 4 is 21.8 Å². The first-order valence-corrected chi connectivity index (χ1v) is 9.72. The minimum Gasteiger partial charge on any atom is -0.313 e. The van der Waals surface area contributed by atoms with E-state index in [1.54, 1.807) is 30.1 Å². The second kappa shape index (κ2) is 8.12. The van der Waals surface area contributed by atoms with E-state index in [1.165, 1.54) is 0 Å². The highest BCUT2D eigenvalue weighted by Crippen LogP contribution is 2.20. The Morgan fingerprint density at radius 1 is 1.33 bits per heavy atom. The van der Waals surface area contributed by atoms with E-state index in [1.807, 2.05) is 20.1 Å². The van der Waals surface area contributed by atoms with Crippen molar-refractivity contribution in [2.45, 2.75) is 43.5 Å². The third-order valence-corrected chi connectivity index (χ3v) is 5.64. The van der Waals surface area contributed by atoms with Gasteiger partial charge >= 0.3 is 0 Å². The number of aromatic nitrogens is 1. The minimum absolute atomic E-state index is 0.0682. The van der Waals surface area contributed by atoms with Gasteiger partial charge in [-0.15, -0.1) is 0 Å². The van der Waals surface area contributed by atoms with Gasteiger partial charge in [0.1, 0.15) is 0 Å². The molecule has 1 heterocycles. The molecule has 0 aliphatic rings. The molecule has 0 bridgehead atoms. The van der Waals surface area contributed by atoms with Crippen LogP contribution in [0.4, 0.5) is 0 Å². The Balaban J connectivity index is 2.67. The maximum atomic E-state index is 12.2. The molecular formula is C14H25N3O2S2. The third-order valence-electron chi connectivity index (χ3n) is 3.07. The molecule has 120 valence electrons. The largest absolute Gasteiger partial charge is 0.313 e. The van der Waals surface area contributed by atoms with E-state index in [4.69, 9.17) is 0 Å². The van der Waals surface area contributed by atoms with E-state index < -0.39 is 10.0 Å². The van der Waals surface area contributed by atoms with Gasteiger partial charge in [0, 0.05) is 24.0 Å². The fraction of sp³-hybridized carbons (Fsp3) is 0.643. The van der Waals surface area contributed by atoms with E-state index in [2.05, 4.69) is 21.9 Å². The summed E-state index contributed by atoms with van der Waals surface area (Å²) in [6, 6.07) is 3.35. The van der Waals surface area contributed by atoms with E-state index in [-0.39, 0.29) is 9.77 Å². The van der Waals surface area contributed by atoms with Gasteiger partial charge in [0.15, 0.2) is 5.03 Å². The van der Waals surface area contributed by atoms with Crippen molar-refractivity contribution in [1.29, 1.82) is 0 Å². The summed E-state index contributed by atoms with van der Waals surface area (Å²) in [6.45, 7) is 8.10. The number of nitrogens with zero attached hydrogens (tertiary/aromatic N) is 1. The first-order valence-electron chi connectivity index (χ1n) is 7.01. The van der Waals surface area contributed by atoms with Crippen LogP contribution in [0.1, 0.15) is 32.8 Å². The summed E-state index contributed by atoms with van der Waals surface area (Å²) < 4.78 is 26.8. The van der Waals surface area contributed by atoms with Crippen molar-refractivity contribution in [3.05, 3.63) is 23.9 Å². The van der Waals surface area contributed by atoms with Gasteiger partial charge in [-0.05, 0) is 44.7 Å².